The molecule has 4 rings (SSSR count). The van der Waals surface area contributed by atoms with Gasteiger partial charge in [-0.3, -0.25) is 9.69 Å². The van der Waals surface area contributed by atoms with Crippen molar-refractivity contribution >= 4 is 23.6 Å². The summed E-state index contributed by atoms with van der Waals surface area (Å²) in [7, 11) is 0. The average molecular weight is 469 g/mol. The quantitative estimate of drug-likeness (QED) is 0.498. The smallest absolute Gasteiger partial charge is 0.246 e. The Hall–Kier alpha value is -3.03. The molecule has 1 aromatic heterocycles. The van der Waals surface area contributed by atoms with Gasteiger partial charge in [-0.05, 0) is 60.9 Å². The van der Waals surface area contributed by atoms with Crippen molar-refractivity contribution in [2.24, 2.45) is 0 Å². The number of rotatable bonds is 6. The van der Waals surface area contributed by atoms with Gasteiger partial charge in [0.1, 0.15) is 5.82 Å². The van der Waals surface area contributed by atoms with Crippen molar-refractivity contribution in [3.8, 4) is 0 Å². The van der Waals surface area contributed by atoms with E-state index in [1.807, 2.05) is 30.0 Å². The Labute approximate surface area is 197 Å². The second-order valence-electron chi connectivity index (χ2n) is 8.33. The molecule has 172 valence electrons. The first-order valence-electron chi connectivity index (χ1n) is 10.9. The van der Waals surface area contributed by atoms with Crippen molar-refractivity contribution in [2.45, 2.75) is 32.9 Å². The van der Waals surface area contributed by atoms with E-state index in [1.165, 1.54) is 12.1 Å². The van der Waals surface area contributed by atoms with E-state index in [2.05, 4.69) is 15.0 Å². The zero-order valence-electron chi connectivity index (χ0n) is 18.7. The lowest BCUT2D eigenvalue weighted by Crippen LogP contribution is -2.53. The molecule has 1 atom stereocenters. The standard InChI is InChI=1S/C25H26ClFN4O2/c1-17-15-30(16-19-3-8-23(27)9-4-19)11-12-31(17)25(32)10-6-20-5-7-22(26)13-21(20)14-24-28-18(2)29-33-24/h3-10,13,17H,11-12,14-16H2,1-2H3/b10-6+/t17-/m1/s1. The minimum atomic E-state index is -0.231. The molecule has 0 radical (unpaired) electrons. The summed E-state index contributed by atoms with van der Waals surface area (Å²) in [5.74, 6) is 0.817. The molecule has 6 nitrogen and oxygen atoms in total. The summed E-state index contributed by atoms with van der Waals surface area (Å²) in [6.07, 6.45) is 3.86. The number of benzene rings is 2. The van der Waals surface area contributed by atoms with Crippen molar-refractivity contribution in [1.82, 2.24) is 19.9 Å². The van der Waals surface area contributed by atoms with Gasteiger partial charge in [0.15, 0.2) is 5.82 Å². The number of hydrogen-bond donors (Lipinski definition) is 0. The highest BCUT2D eigenvalue weighted by Crippen LogP contribution is 2.21. The number of aromatic nitrogens is 2. The molecular formula is C25H26ClFN4O2. The van der Waals surface area contributed by atoms with Gasteiger partial charge in [-0.15, -0.1) is 0 Å². The number of amides is 1. The van der Waals surface area contributed by atoms with E-state index in [0.29, 0.717) is 29.7 Å². The van der Waals surface area contributed by atoms with Crippen LogP contribution in [0.1, 0.15) is 35.3 Å². The fraction of sp³-hybridized carbons (Fsp3) is 0.320. The molecule has 0 bridgehead atoms. The van der Waals surface area contributed by atoms with Crippen LogP contribution in [0.15, 0.2) is 53.1 Å². The maximum atomic E-state index is 13.1. The van der Waals surface area contributed by atoms with Gasteiger partial charge in [0.05, 0.1) is 6.42 Å². The molecule has 1 fully saturated rings. The minimum Gasteiger partial charge on any atom is -0.339 e. The molecule has 0 N–H and O–H groups in total. The number of nitrogens with zero attached hydrogens (tertiary/aromatic N) is 4. The lowest BCUT2D eigenvalue weighted by atomic mass is 10.0. The number of halogens is 2. The SMILES string of the molecule is Cc1noc(Cc2cc(Cl)ccc2/C=C/C(=O)N2CCN(Cc3ccc(F)cc3)C[C@H]2C)n1. The molecule has 0 unspecified atom stereocenters. The Morgan fingerprint density at radius 3 is 2.73 bits per heavy atom. The van der Waals surface area contributed by atoms with Crippen LogP contribution in [0, 0.1) is 12.7 Å². The second kappa shape index (κ2) is 10.3. The normalized spacial score (nSPS) is 17.1. The van der Waals surface area contributed by atoms with Crippen LogP contribution < -0.4 is 0 Å². The van der Waals surface area contributed by atoms with Crippen LogP contribution in [0.5, 0.6) is 0 Å². The monoisotopic (exact) mass is 468 g/mol. The third-order valence-electron chi connectivity index (χ3n) is 5.74. The van der Waals surface area contributed by atoms with Gasteiger partial charge in [0, 0.05) is 43.3 Å². The largest absolute Gasteiger partial charge is 0.339 e. The Morgan fingerprint density at radius 2 is 2.03 bits per heavy atom. The number of carbonyl (C=O) groups excluding carboxylic acids is 1. The maximum Gasteiger partial charge on any atom is 0.246 e. The van der Waals surface area contributed by atoms with Gasteiger partial charge in [-0.2, -0.15) is 4.98 Å². The van der Waals surface area contributed by atoms with E-state index < -0.39 is 0 Å². The Kier molecular flexibility index (Phi) is 7.20. The fourth-order valence-corrected chi connectivity index (χ4v) is 4.27. The summed E-state index contributed by atoms with van der Waals surface area (Å²) >= 11 is 6.18. The molecule has 0 aliphatic carbocycles. The first-order valence-corrected chi connectivity index (χ1v) is 11.3. The van der Waals surface area contributed by atoms with Crippen LogP contribution in [-0.4, -0.2) is 51.5 Å². The van der Waals surface area contributed by atoms with Crippen LogP contribution in [-0.2, 0) is 17.8 Å². The van der Waals surface area contributed by atoms with Crippen molar-refractivity contribution in [2.75, 3.05) is 19.6 Å². The molecule has 1 aliphatic heterocycles. The van der Waals surface area contributed by atoms with Crippen LogP contribution in [0.25, 0.3) is 6.08 Å². The highest BCUT2D eigenvalue weighted by molar-refractivity contribution is 6.30. The maximum absolute atomic E-state index is 13.1. The number of aryl methyl sites for hydroxylation is 1. The van der Waals surface area contributed by atoms with Crippen LogP contribution >= 0.6 is 11.6 Å². The van der Waals surface area contributed by atoms with E-state index in [0.717, 1.165) is 36.3 Å². The Bertz CT molecular complexity index is 1150. The Morgan fingerprint density at radius 1 is 1.24 bits per heavy atom. The Balaban J connectivity index is 1.39. The van der Waals surface area contributed by atoms with Crippen LogP contribution in [0.2, 0.25) is 5.02 Å². The molecule has 1 saturated heterocycles. The number of hydrogen-bond acceptors (Lipinski definition) is 5. The van der Waals surface area contributed by atoms with Gasteiger partial charge >= 0.3 is 0 Å². The predicted octanol–water partition coefficient (Wildman–Crippen LogP) is 4.51. The third-order valence-corrected chi connectivity index (χ3v) is 5.97. The first kappa shape index (κ1) is 23.1. The predicted molar refractivity (Wildman–Crippen MR) is 125 cm³/mol. The highest BCUT2D eigenvalue weighted by atomic mass is 35.5. The zero-order valence-corrected chi connectivity index (χ0v) is 19.4. The fourth-order valence-electron chi connectivity index (χ4n) is 4.07. The van der Waals surface area contributed by atoms with Crippen molar-refractivity contribution in [1.29, 1.82) is 0 Å². The average Bonchev–Trinajstić information content (AvgIpc) is 3.19. The minimum absolute atomic E-state index is 0.0292. The van der Waals surface area contributed by atoms with Gasteiger partial charge in [0.25, 0.3) is 0 Å². The number of carbonyl (C=O) groups is 1. The van der Waals surface area contributed by atoms with Gasteiger partial charge in [-0.25, -0.2) is 4.39 Å². The van der Waals surface area contributed by atoms with Gasteiger partial charge in [0.2, 0.25) is 11.8 Å². The molecule has 1 aliphatic rings. The molecule has 0 spiro atoms. The molecule has 3 aromatic rings. The van der Waals surface area contributed by atoms with E-state index in [-0.39, 0.29) is 17.8 Å². The molecule has 33 heavy (non-hydrogen) atoms. The lowest BCUT2D eigenvalue weighted by Gasteiger charge is -2.39. The molecule has 2 heterocycles. The molecule has 2 aromatic carbocycles. The molecular weight excluding hydrogens is 443 g/mol. The summed E-state index contributed by atoms with van der Waals surface area (Å²) in [6.45, 7) is 6.73. The summed E-state index contributed by atoms with van der Waals surface area (Å²) in [6, 6.07) is 12.2. The van der Waals surface area contributed by atoms with Crippen molar-refractivity contribution in [3.05, 3.63) is 87.8 Å². The van der Waals surface area contributed by atoms with Crippen molar-refractivity contribution < 1.29 is 13.7 Å². The number of piperazine rings is 1. The van der Waals surface area contributed by atoms with E-state index in [9.17, 15) is 9.18 Å². The molecule has 0 saturated carbocycles. The zero-order chi connectivity index (χ0) is 23.4. The first-order chi connectivity index (χ1) is 15.9. The van der Waals surface area contributed by atoms with E-state index >= 15 is 0 Å². The molecule has 1 amide bonds. The second-order valence-corrected chi connectivity index (χ2v) is 8.77. The van der Waals surface area contributed by atoms with E-state index in [1.54, 1.807) is 31.2 Å². The summed E-state index contributed by atoms with van der Waals surface area (Å²) in [4.78, 5) is 21.4. The highest BCUT2D eigenvalue weighted by Gasteiger charge is 2.26. The summed E-state index contributed by atoms with van der Waals surface area (Å²) < 4.78 is 18.4. The molecule has 8 heteroatoms. The topological polar surface area (TPSA) is 62.5 Å². The lowest BCUT2D eigenvalue weighted by molar-refractivity contribution is -0.130. The third kappa shape index (κ3) is 6.06. The van der Waals surface area contributed by atoms with Crippen LogP contribution in [0.4, 0.5) is 4.39 Å². The van der Waals surface area contributed by atoms with Crippen LogP contribution in [0.3, 0.4) is 0 Å². The van der Waals surface area contributed by atoms with Crippen molar-refractivity contribution in [3.63, 3.8) is 0 Å². The summed E-state index contributed by atoms with van der Waals surface area (Å²) in [5, 5.41) is 4.43. The van der Waals surface area contributed by atoms with E-state index in [4.69, 9.17) is 16.1 Å². The van der Waals surface area contributed by atoms with Gasteiger partial charge in [-0.1, -0.05) is 35.0 Å². The van der Waals surface area contributed by atoms with Gasteiger partial charge < -0.3 is 9.42 Å². The summed E-state index contributed by atoms with van der Waals surface area (Å²) in [5.41, 5.74) is 2.86.